The van der Waals surface area contributed by atoms with Crippen LogP contribution in [0, 0.1) is 23.2 Å². The lowest BCUT2D eigenvalue weighted by Gasteiger charge is -2.55. The molecule has 1 unspecified atom stereocenters. The number of carbonyl (C=O) groups excluding carboxylic acids is 2. The molecule has 4 saturated carbocycles. The molecule has 2 aromatic rings. The van der Waals surface area contributed by atoms with Gasteiger partial charge in [-0.3, -0.25) is 9.59 Å². The maximum absolute atomic E-state index is 13.2. The van der Waals surface area contributed by atoms with Gasteiger partial charge in [0.15, 0.2) is 0 Å². The summed E-state index contributed by atoms with van der Waals surface area (Å²) >= 11 is 0. The average molecular weight is 495 g/mol. The van der Waals surface area contributed by atoms with Crippen molar-refractivity contribution >= 4 is 11.8 Å². The maximum Gasteiger partial charge on any atom is 0.226 e. The van der Waals surface area contributed by atoms with Gasteiger partial charge in [-0.2, -0.15) is 0 Å². The standard InChI is InChI=1S/C28H38N4O4/c1-32-8-7-29-26(32)25(21-12-22(35-2)14-23(13-21)36-3)31-24(33)5-4-6-30-27(34)28-15-18-9-19(16-28)11-20(10-18)17-28/h7-8,12-14,18-20,25H,4-6,9-11,15-17H2,1-3H3,(H,30,34)(H,31,33). The van der Waals surface area contributed by atoms with Crippen LogP contribution in [-0.2, 0) is 16.6 Å². The number of nitrogens with zero attached hydrogens (tertiary/aromatic N) is 2. The highest BCUT2D eigenvalue weighted by Crippen LogP contribution is 2.60. The van der Waals surface area contributed by atoms with Gasteiger partial charge in [-0.1, -0.05) is 0 Å². The van der Waals surface area contributed by atoms with Gasteiger partial charge >= 0.3 is 0 Å². The van der Waals surface area contributed by atoms with Crippen molar-refractivity contribution in [1.29, 1.82) is 0 Å². The van der Waals surface area contributed by atoms with E-state index < -0.39 is 6.04 Å². The normalized spacial score (nSPS) is 26.9. The van der Waals surface area contributed by atoms with Crippen LogP contribution in [0.2, 0.25) is 0 Å². The Bertz CT molecular complexity index is 1050. The number of ether oxygens (including phenoxy) is 2. The minimum absolute atomic E-state index is 0.0890. The summed E-state index contributed by atoms with van der Waals surface area (Å²) in [6, 6.07) is 5.11. The van der Waals surface area contributed by atoms with Crippen molar-refractivity contribution in [2.75, 3.05) is 20.8 Å². The highest BCUT2D eigenvalue weighted by molar-refractivity contribution is 5.83. The zero-order valence-corrected chi connectivity index (χ0v) is 21.6. The highest BCUT2D eigenvalue weighted by atomic mass is 16.5. The van der Waals surface area contributed by atoms with Crippen molar-refractivity contribution in [3.63, 3.8) is 0 Å². The lowest BCUT2D eigenvalue weighted by Crippen LogP contribution is -2.53. The van der Waals surface area contributed by atoms with Crippen molar-refractivity contribution in [1.82, 2.24) is 20.2 Å². The van der Waals surface area contributed by atoms with Crippen LogP contribution in [0.25, 0.3) is 0 Å². The van der Waals surface area contributed by atoms with Crippen LogP contribution in [-0.4, -0.2) is 42.1 Å². The summed E-state index contributed by atoms with van der Waals surface area (Å²) in [5.41, 5.74) is 0.676. The Hall–Kier alpha value is -3.03. The summed E-state index contributed by atoms with van der Waals surface area (Å²) in [5.74, 6) is 4.36. The summed E-state index contributed by atoms with van der Waals surface area (Å²) < 4.78 is 12.7. The minimum Gasteiger partial charge on any atom is -0.497 e. The molecule has 4 aliphatic carbocycles. The number of benzene rings is 1. The number of rotatable bonds is 10. The second kappa shape index (κ2) is 10.1. The molecule has 0 radical (unpaired) electrons. The fourth-order valence-corrected chi connectivity index (χ4v) is 7.21. The van der Waals surface area contributed by atoms with Crippen LogP contribution >= 0.6 is 0 Å². The third-order valence-electron chi connectivity index (χ3n) is 8.52. The van der Waals surface area contributed by atoms with Gasteiger partial charge in [-0.05, 0) is 80.4 Å². The van der Waals surface area contributed by atoms with Gasteiger partial charge in [0.2, 0.25) is 11.8 Å². The molecular weight excluding hydrogens is 456 g/mol. The molecule has 4 aliphatic rings. The van der Waals surface area contributed by atoms with E-state index in [2.05, 4.69) is 15.6 Å². The van der Waals surface area contributed by atoms with E-state index in [-0.39, 0.29) is 17.2 Å². The molecule has 194 valence electrons. The van der Waals surface area contributed by atoms with Gasteiger partial charge in [-0.15, -0.1) is 0 Å². The monoisotopic (exact) mass is 494 g/mol. The molecule has 0 spiro atoms. The fraction of sp³-hybridized carbons (Fsp3) is 0.607. The van der Waals surface area contributed by atoms with Crippen LogP contribution in [0.5, 0.6) is 11.5 Å². The smallest absolute Gasteiger partial charge is 0.226 e. The minimum atomic E-state index is -0.455. The summed E-state index contributed by atoms with van der Waals surface area (Å²) in [7, 11) is 5.11. The predicted octanol–water partition coefficient (Wildman–Crippen LogP) is 3.76. The van der Waals surface area contributed by atoms with E-state index in [0.717, 1.165) is 42.6 Å². The molecule has 2 N–H and O–H groups in total. The Morgan fingerprint density at radius 1 is 1.06 bits per heavy atom. The van der Waals surface area contributed by atoms with Crippen molar-refractivity contribution < 1.29 is 19.1 Å². The predicted molar refractivity (Wildman–Crippen MR) is 136 cm³/mol. The van der Waals surface area contributed by atoms with Gasteiger partial charge in [-0.25, -0.2) is 4.98 Å². The Labute approximate surface area is 213 Å². The number of aryl methyl sites for hydroxylation is 1. The van der Waals surface area contributed by atoms with Crippen LogP contribution in [0.15, 0.2) is 30.6 Å². The molecule has 1 atom stereocenters. The van der Waals surface area contributed by atoms with Crippen LogP contribution in [0.4, 0.5) is 0 Å². The molecule has 6 rings (SSSR count). The number of nitrogens with one attached hydrogen (secondary N) is 2. The van der Waals surface area contributed by atoms with Crippen LogP contribution < -0.4 is 20.1 Å². The molecule has 4 fully saturated rings. The molecular formula is C28H38N4O4. The van der Waals surface area contributed by atoms with Crippen LogP contribution in [0.1, 0.15) is 68.8 Å². The highest BCUT2D eigenvalue weighted by Gasteiger charge is 2.54. The van der Waals surface area contributed by atoms with Gasteiger partial charge in [0.05, 0.1) is 14.2 Å². The van der Waals surface area contributed by atoms with E-state index in [1.807, 2.05) is 29.9 Å². The molecule has 36 heavy (non-hydrogen) atoms. The van der Waals surface area contributed by atoms with Crippen molar-refractivity contribution in [3.05, 3.63) is 42.0 Å². The van der Waals surface area contributed by atoms with Crippen LogP contribution in [0.3, 0.4) is 0 Å². The fourth-order valence-electron chi connectivity index (χ4n) is 7.21. The summed E-state index contributed by atoms with van der Waals surface area (Å²) in [6.45, 7) is 0.522. The Kier molecular flexibility index (Phi) is 6.95. The molecule has 2 amide bonds. The Morgan fingerprint density at radius 3 is 2.19 bits per heavy atom. The van der Waals surface area contributed by atoms with Gasteiger partial charge in [0.25, 0.3) is 0 Å². The Balaban J connectivity index is 1.19. The number of hydrogen-bond acceptors (Lipinski definition) is 5. The lowest BCUT2D eigenvalue weighted by atomic mass is 9.49. The first-order valence-corrected chi connectivity index (χ1v) is 13.2. The molecule has 4 bridgehead atoms. The van der Waals surface area contributed by atoms with E-state index in [9.17, 15) is 9.59 Å². The van der Waals surface area contributed by atoms with E-state index >= 15 is 0 Å². The quantitative estimate of drug-likeness (QED) is 0.491. The lowest BCUT2D eigenvalue weighted by molar-refractivity contribution is -0.146. The SMILES string of the molecule is COc1cc(OC)cc(C(NC(=O)CCCNC(=O)C23CC4CC(CC(C4)C2)C3)c2nccn2C)c1. The number of aromatic nitrogens is 2. The zero-order chi connectivity index (χ0) is 25.3. The molecule has 8 nitrogen and oxygen atoms in total. The second-order valence-electron chi connectivity index (χ2n) is 11.1. The number of methoxy groups -OCH3 is 2. The average Bonchev–Trinajstić information content (AvgIpc) is 3.29. The number of carbonyl (C=O) groups is 2. The third-order valence-corrected chi connectivity index (χ3v) is 8.52. The summed E-state index contributed by atoms with van der Waals surface area (Å²) in [5, 5.41) is 6.31. The number of hydrogen-bond donors (Lipinski definition) is 2. The summed E-state index contributed by atoms with van der Waals surface area (Å²) in [4.78, 5) is 30.6. The molecule has 0 aliphatic heterocycles. The molecule has 1 aromatic heterocycles. The number of imidazole rings is 1. The third kappa shape index (κ3) is 4.95. The van der Waals surface area contributed by atoms with E-state index in [1.54, 1.807) is 26.5 Å². The van der Waals surface area contributed by atoms with E-state index in [0.29, 0.717) is 36.7 Å². The topological polar surface area (TPSA) is 94.5 Å². The first-order chi connectivity index (χ1) is 17.4. The summed E-state index contributed by atoms with van der Waals surface area (Å²) in [6.07, 6.45) is 11.6. The van der Waals surface area contributed by atoms with E-state index in [4.69, 9.17) is 9.47 Å². The second-order valence-corrected chi connectivity index (χ2v) is 11.1. The molecule has 1 heterocycles. The van der Waals surface area contributed by atoms with E-state index in [1.165, 1.54) is 19.3 Å². The first kappa shape index (κ1) is 24.7. The van der Waals surface area contributed by atoms with Gasteiger partial charge in [0.1, 0.15) is 23.4 Å². The molecule has 8 heteroatoms. The van der Waals surface area contributed by atoms with Gasteiger partial charge < -0.3 is 24.7 Å². The molecule has 0 saturated heterocycles. The number of amides is 2. The molecule has 1 aromatic carbocycles. The maximum atomic E-state index is 13.2. The van der Waals surface area contributed by atoms with Crippen molar-refractivity contribution in [2.45, 2.75) is 57.4 Å². The Morgan fingerprint density at radius 2 is 1.67 bits per heavy atom. The van der Waals surface area contributed by atoms with Crippen molar-refractivity contribution in [2.24, 2.45) is 30.2 Å². The van der Waals surface area contributed by atoms with Gasteiger partial charge in [0, 0.05) is 43.9 Å². The van der Waals surface area contributed by atoms with Crippen molar-refractivity contribution in [3.8, 4) is 11.5 Å². The largest absolute Gasteiger partial charge is 0.497 e. The first-order valence-electron chi connectivity index (χ1n) is 13.2. The zero-order valence-electron chi connectivity index (χ0n) is 21.6.